The van der Waals surface area contributed by atoms with Gasteiger partial charge in [-0.25, -0.2) is 4.79 Å². The zero-order valence-corrected chi connectivity index (χ0v) is 13.7. The first-order valence-electron chi connectivity index (χ1n) is 7.79. The Balaban J connectivity index is 2.00. The Morgan fingerprint density at radius 2 is 2.08 bits per heavy atom. The standard InChI is InChI=1S/C17H16N2O6/c1-3-14-11(17(21)22)7-15(25-14)16(20)18-5-4-10-6-9(2)12(19(23)24)8-13(10)18/h6-8H,3-5H2,1-2H3,(H,21,22). The number of carboxylic acids is 1. The van der Waals surface area contributed by atoms with Gasteiger partial charge in [0.15, 0.2) is 5.76 Å². The van der Waals surface area contributed by atoms with Gasteiger partial charge in [-0.15, -0.1) is 0 Å². The highest BCUT2D eigenvalue weighted by atomic mass is 16.6. The molecule has 2 aromatic rings. The van der Waals surface area contributed by atoms with Crippen molar-refractivity contribution in [3.8, 4) is 0 Å². The van der Waals surface area contributed by atoms with E-state index in [1.165, 1.54) is 17.0 Å². The molecule has 0 fully saturated rings. The third-order valence-corrected chi connectivity index (χ3v) is 4.31. The summed E-state index contributed by atoms with van der Waals surface area (Å²) in [7, 11) is 0. The molecular formula is C17H16N2O6. The molecule has 0 saturated heterocycles. The van der Waals surface area contributed by atoms with Gasteiger partial charge < -0.3 is 14.4 Å². The predicted molar refractivity (Wildman–Crippen MR) is 88.3 cm³/mol. The lowest BCUT2D eigenvalue weighted by atomic mass is 10.1. The minimum Gasteiger partial charge on any atom is -0.478 e. The van der Waals surface area contributed by atoms with Crippen molar-refractivity contribution in [3.05, 3.63) is 56.5 Å². The number of aryl methyl sites for hydroxylation is 2. The number of anilines is 1. The average molecular weight is 344 g/mol. The Morgan fingerprint density at radius 3 is 2.64 bits per heavy atom. The molecule has 0 atom stereocenters. The van der Waals surface area contributed by atoms with E-state index in [1.807, 2.05) is 0 Å². The molecule has 1 amide bonds. The smallest absolute Gasteiger partial charge is 0.339 e. The average Bonchev–Trinajstić information content (AvgIpc) is 3.16. The molecule has 0 radical (unpaired) electrons. The number of nitro groups is 1. The summed E-state index contributed by atoms with van der Waals surface area (Å²) in [5.74, 6) is -1.51. The Bertz CT molecular complexity index is 899. The van der Waals surface area contributed by atoms with Gasteiger partial charge in [0.05, 0.1) is 10.6 Å². The van der Waals surface area contributed by atoms with Crippen LogP contribution in [-0.2, 0) is 12.8 Å². The summed E-state index contributed by atoms with van der Waals surface area (Å²) < 4.78 is 5.41. The highest BCUT2D eigenvalue weighted by Gasteiger charge is 2.31. The summed E-state index contributed by atoms with van der Waals surface area (Å²) in [4.78, 5) is 36.0. The number of carbonyl (C=O) groups excluding carboxylic acids is 1. The molecule has 3 rings (SSSR count). The van der Waals surface area contributed by atoms with Crippen LogP contribution in [0.3, 0.4) is 0 Å². The van der Waals surface area contributed by atoms with Gasteiger partial charge >= 0.3 is 5.97 Å². The Kier molecular flexibility index (Phi) is 4.03. The Labute approximate surface area is 142 Å². The van der Waals surface area contributed by atoms with Crippen molar-refractivity contribution in [1.82, 2.24) is 0 Å². The van der Waals surface area contributed by atoms with Gasteiger partial charge in [-0.05, 0) is 25.0 Å². The van der Waals surface area contributed by atoms with Crippen molar-refractivity contribution < 1.29 is 24.0 Å². The minimum atomic E-state index is -1.16. The van der Waals surface area contributed by atoms with Gasteiger partial charge in [0.25, 0.3) is 11.6 Å². The topological polar surface area (TPSA) is 114 Å². The molecule has 8 heteroatoms. The van der Waals surface area contributed by atoms with Crippen molar-refractivity contribution >= 4 is 23.3 Å². The summed E-state index contributed by atoms with van der Waals surface area (Å²) in [6, 6.07) is 4.31. The van der Waals surface area contributed by atoms with Crippen LogP contribution in [0.25, 0.3) is 0 Å². The molecule has 1 aliphatic rings. The second kappa shape index (κ2) is 6.04. The zero-order valence-electron chi connectivity index (χ0n) is 13.7. The van der Waals surface area contributed by atoms with Crippen LogP contribution >= 0.6 is 0 Å². The summed E-state index contributed by atoms with van der Waals surface area (Å²) in [6.45, 7) is 3.75. The Hall–Kier alpha value is -3.16. The molecule has 1 aromatic heterocycles. The molecule has 2 heterocycles. The van der Waals surface area contributed by atoms with Crippen LogP contribution in [0.2, 0.25) is 0 Å². The first kappa shape index (κ1) is 16.7. The summed E-state index contributed by atoms with van der Waals surface area (Å²) in [5.41, 5.74) is 1.75. The van der Waals surface area contributed by atoms with E-state index in [4.69, 9.17) is 4.42 Å². The van der Waals surface area contributed by atoms with Crippen molar-refractivity contribution in [1.29, 1.82) is 0 Å². The van der Waals surface area contributed by atoms with Crippen LogP contribution in [0.1, 0.15) is 44.7 Å². The maximum Gasteiger partial charge on any atom is 0.339 e. The number of aromatic carboxylic acids is 1. The normalized spacial score (nSPS) is 13.0. The van der Waals surface area contributed by atoms with Crippen LogP contribution < -0.4 is 4.90 Å². The number of nitro benzene ring substituents is 1. The van der Waals surface area contributed by atoms with Crippen LogP contribution in [0, 0.1) is 17.0 Å². The molecule has 0 unspecified atom stereocenters. The van der Waals surface area contributed by atoms with Gasteiger partial charge in [-0.1, -0.05) is 6.92 Å². The second-order valence-corrected chi connectivity index (χ2v) is 5.84. The maximum atomic E-state index is 12.7. The van der Waals surface area contributed by atoms with Crippen LogP contribution in [0.5, 0.6) is 0 Å². The fourth-order valence-corrected chi connectivity index (χ4v) is 3.07. The molecule has 8 nitrogen and oxygen atoms in total. The number of nitrogens with zero attached hydrogens (tertiary/aromatic N) is 2. The fraction of sp³-hybridized carbons (Fsp3) is 0.294. The second-order valence-electron chi connectivity index (χ2n) is 5.84. The van der Waals surface area contributed by atoms with E-state index in [0.717, 1.165) is 5.56 Å². The molecular weight excluding hydrogens is 328 g/mol. The number of amides is 1. The predicted octanol–water partition coefficient (Wildman–Crippen LogP) is 2.96. The van der Waals surface area contributed by atoms with Crippen LogP contribution in [0.15, 0.2) is 22.6 Å². The zero-order chi connectivity index (χ0) is 18.3. The van der Waals surface area contributed by atoms with E-state index >= 15 is 0 Å². The lowest BCUT2D eigenvalue weighted by Crippen LogP contribution is -2.28. The third-order valence-electron chi connectivity index (χ3n) is 4.31. The molecule has 0 aliphatic carbocycles. The van der Waals surface area contributed by atoms with Crippen LogP contribution in [0.4, 0.5) is 11.4 Å². The first-order valence-corrected chi connectivity index (χ1v) is 7.79. The van der Waals surface area contributed by atoms with Crippen LogP contribution in [-0.4, -0.2) is 28.5 Å². The number of carbonyl (C=O) groups is 2. The summed E-state index contributed by atoms with van der Waals surface area (Å²) >= 11 is 0. The van der Waals surface area contributed by atoms with Crippen molar-refractivity contribution in [2.75, 3.05) is 11.4 Å². The minimum absolute atomic E-state index is 0.0415. The van der Waals surface area contributed by atoms with Gasteiger partial charge in [-0.3, -0.25) is 14.9 Å². The van der Waals surface area contributed by atoms with Gasteiger partial charge in [0.2, 0.25) is 0 Å². The molecule has 1 N–H and O–H groups in total. The SMILES string of the molecule is CCc1oc(C(=O)N2CCc3cc(C)c([N+](=O)[O-])cc32)cc1C(=O)O. The molecule has 1 aliphatic heterocycles. The third kappa shape index (κ3) is 2.75. The maximum absolute atomic E-state index is 12.7. The first-order chi connectivity index (χ1) is 11.8. The number of benzene rings is 1. The largest absolute Gasteiger partial charge is 0.478 e. The van der Waals surface area contributed by atoms with Crippen molar-refractivity contribution in [3.63, 3.8) is 0 Å². The van der Waals surface area contributed by atoms with Gasteiger partial charge in [0, 0.05) is 30.7 Å². The molecule has 1 aromatic carbocycles. The number of furan rings is 1. The number of hydrogen-bond donors (Lipinski definition) is 1. The highest BCUT2D eigenvalue weighted by Crippen LogP contribution is 2.35. The highest BCUT2D eigenvalue weighted by molar-refractivity contribution is 6.07. The molecule has 0 bridgehead atoms. The molecule has 0 saturated carbocycles. The van der Waals surface area contributed by atoms with Crippen molar-refractivity contribution in [2.24, 2.45) is 0 Å². The van der Waals surface area contributed by atoms with E-state index in [9.17, 15) is 24.8 Å². The number of fused-ring (bicyclic) bond motifs is 1. The Morgan fingerprint density at radius 1 is 1.36 bits per heavy atom. The monoisotopic (exact) mass is 344 g/mol. The number of hydrogen-bond acceptors (Lipinski definition) is 5. The van der Waals surface area contributed by atoms with Gasteiger partial charge in [0.1, 0.15) is 11.3 Å². The van der Waals surface area contributed by atoms with E-state index in [2.05, 4.69) is 0 Å². The number of carboxylic acid groups (broad SMARTS) is 1. The van der Waals surface area contributed by atoms with Crippen molar-refractivity contribution in [2.45, 2.75) is 26.7 Å². The molecule has 0 spiro atoms. The lowest BCUT2D eigenvalue weighted by Gasteiger charge is -2.16. The van der Waals surface area contributed by atoms with Gasteiger partial charge in [-0.2, -0.15) is 0 Å². The van der Waals surface area contributed by atoms with E-state index in [0.29, 0.717) is 30.6 Å². The van der Waals surface area contributed by atoms with E-state index < -0.39 is 16.8 Å². The molecule has 25 heavy (non-hydrogen) atoms. The number of rotatable bonds is 4. The summed E-state index contributed by atoms with van der Waals surface area (Å²) in [6.07, 6.45) is 0.920. The van der Waals surface area contributed by atoms with E-state index in [1.54, 1.807) is 19.9 Å². The fourth-order valence-electron chi connectivity index (χ4n) is 3.07. The lowest BCUT2D eigenvalue weighted by molar-refractivity contribution is -0.385. The molecule has 130 valence electrons. The summed E-state index contributed by atoms with van der Waals surface area (Å²) in [5, 5.41) is 20.3. The quantitative estimate of drug-likeness (QED) is 0.674. The van der Waals surface area contributed by atoms with E-state index in [-0.39, 0.29) is 22.8 Å².